The number of hydrogen-bond acceptors (Lipinski definition) is 2. The fourth-order valence-corrected chi connectivity index (χ4v) is 2.74. The quantitative estimate of drug-likeness (QED) is 0.668. The number of carbonyl (C=O) groups excluding carboxylic acids is 1. The van der Waals surface area contributed by atoms with Gasteiger partial charge in [0.15, 0.2) is 0 Å². The van der Waals surface area contributed by atoms with Crippen LogP contribution in [0.25, 0.3) is 0 Å². The second-order valence-corrected chi connectivity index (χ2v) is 6.50. The highest BCUT2D eigenvalue weighted by atomic mass is 16.2. The molecule has 0 atom stereocenters. The Bertz CT molecular complexity index is 315. The lowest BCUT2D eigenvalue weighted by atomic mass is 9.84. The number of nitrogens with zero attached hydrogens (tertiary/aromatic N) is 2. The largest absolute Gasteiger partial charge is 0.339 e. The van der Waals surface area contributed by atoms with Crippen LogP contribution >= 0.6 is 0 Å². The summed E-state index contributed by atoms with van der Waals surface area (Å²) in [5, 5.41) is 0. The molecule has 1 aliphatic heterocycles. The first-order valence-electron chi connectivity index (χ1n) is 8.14. The van der Waals surface area contributed by atoms with Crippen molar-refractivity contribution in [1.29, 1.82) is 0 Å². The number of amides is 1. The van der Waals surface area contributed by atoms with E-state index in [9.17, 15) is 4.79 Å². The van der Waals surface area contributed by atoms with Crippen molar-refractivity contribution < 1.29 is 4.79 Å². The molecule has 116 valence electrons. The molecule has 0 N–H and O–H groups in total. The predicted molar refractivity (Wildman–Crippen MR) is 85.8 cm³/mol. The highest BCUT2D eigenvalue weighted by Gasteiger charge is 2.21. The lowest BCUT2D eigenvalue weighted by Gasteiger charge is -2.31. The Hall–Kier alpha value is -0.830. The normalized spacial score (nSPS) is 17.1. The van der Waals surface area contributed by atoms with Gasteiger partial charge in [-0.05, 0) is 44.6 Å². The lowest BCUT2D eigenvalue weighted by Crippen LogP contribution is -2.35. The summed E-state index contributed by atoms with van der Waals surface area (Å²) >= 11 is 0. The van der Waals surface area contributed by atoms with E-state index < -0.39 is 0 Å². The van der Waals surface area contributed by atoms with E-state index in [0.29, 0.717) is 5.41 Å². The van der Waals surface area contributed by atoms with Crippen LogP contribution in [0.4, 0.5) is 0 Å². The molecule has 0 aromatic carbocycles. The molecule has 0 saturated carbocycles. The van der Waals surface area contributed by atoms with Gasteiger partial charge in [0.25, 0.3) is 0 Å². The number of rotatable bonds is 7. The Balaban J connectivity index is 2.34. The van der Waals surface area contributed by atoms with Gasteiger partial charge in [-0.15, -0.1) is 0 Å². The zero-order chi connectivity index (χ0) is 15.0. The maximum atomic E-state index is 12.0. The van der Waals surface area contributed by atoms with Crippen LogP contribution in [0.5, 0.6) is 0 Å². The van der Waals surface area contributed by atoms with Crippen molar-refractivity contribution in [2.24, 2.45) is 5.41 Å². The van der Waals surface area contributed by atoms with Gasteiger partial charge in [0.05, 0.1) is 0 Å². The number of piperidine rings is 1. The van der Waals surface area contributed by atoms with E-state index in [1.807, 2.05) is 11.0 Å². The highest BCUT2D eigenvalue weighted by Crippen LogP contribution is 2.25. The maximum absolute atomic E-state index is 12.0. The van der Waals surface area contributed by atoms with Crippen LogP contribution in [0.2, 0.25) is 0 Å². The van der Waals surface area contributed by atoms with Crippen LogP contribution in [0.3, 0.4) is 0 Å². The third kappa shape index (κ3) is 5.66. The summed E-state index contributed by atoms with van der Waals surface area (Å²) in [6.45, 7) is 10.7. The van der Waals surface area contributed by atoms with E-state index in [4.69, 9.17) is 0 Å². The maximum Gasteiger partial charge on any atom is 0.246 e. The molecule has 0 aromatic heterocycles. The van der Waals surface area contributed by atoms with Gasteiger partial charge in [0.2, 0.25) is 5.91 Å². The Kier molecular flexibility index (Phi) is 7.28. The summed E-state index contributed by atoms with van der Waals surface area (Å²) in [6, 6.07) is 0. The third-order valence-corrected chi connectivity index (χ3v) is 4.70. The summed E-state index contributed by atoms with van der Waals surface area (Å²) in [5.41, 5.74) is 0.388. The van der Waals surface area contributed by atoms with Crippen molar-refractivity contribution in [3.05, 3.63) is 12.2 Å². The minimum Gasteiger partial charge on any atom is -0.339 e. The molecule has 0 bridgehead atoms. The van der Waals surface area contributed by atoms with Crippen LogP contribution in [-0.2, 0) is 4.79 Å². The molecule has 1 amide bonds. The minimum atomic E-state index is 0.187. The van der Waals surface area contributed by atoms with Gasteiger partial charge >= 0.3 is 0 Å². The molecule has 1 saturated heterocycles. The van der Waals surface area contributed by atoms with Crippen LogP contribution < -0.4 is 0 Å². The van der Waals surface area contributed by atoms with Crippen molar-refractivity contribution in [3.63, 3.8) is 0 Å². The van der Waals surface area contributed by atoms with Crippen molar-refractivity contribution in [1.82, 2.24) is 9.80 Å². The molecule has 3 heteroatoms. The SMILES string of the molecule is CCC(C)(CC)CN(C)C/C=C/C(=O)N1CCCCC1. The molecule has 20 heavy (non-hydrogen) atoms. The average molecular weight is 280 g/mol. The van der Waals surface area contributed by atoms with Gasteiger partial charge in [0.1, 0.15) is 0 Å². The Morgan fingerprint density at radius 2 is 1.80 bits per heavy atom. The molecule has 0 spiro atoms. The molecule has 0 radical (unpaired) electrons. The van der Waals surface area contributed by atoms with Gasteiger partial charge in [-0.1, -0.05) is 26.8 Å². The van der Waals surface area contributed by atoms with Crippen molar-refractivity contribution in [2.45, 2.75) is 52.9 Å². The summed E-state index contributed by atoms with van der Waals surface area (Å²) in [7, 11) is 2.14. The van der Waals surface area contributed by atoms with E-state index in [2.05, 4.69) is 32.7 Å². The van der Waals surface area contributed by atoms with Crippen molar-refractivity contribution >= 4 is 5.91 Å². The van der Waals surface area contributed by atoms with Crippen LogP contribution in [-0.4, -0.2) is 48.9 Å². The first-order chi connectivity index (χ1) is 9.50. The topological polar surface area (TPSA) is 23.6 Å². The molecule has 0 aromatic rings. The Morgan fingerprint density at radius 1 is 1.20 bits per heavy atom. The van der Waals surface area contributed by atoms with Crippen molar-refractivity contribution in [3.8, 4) is 0 Å². The number of carbonyl (C=O) groups is 1. The zero-order valence-electron chi connectivity index (χ0n) is 13.8. The zero-order valence-corrected chi connectivity index (χ0v) is 13.8. The van der Waals surface area contributed by atoms with Crippen LogP contribution in [0.15, 0.2) is 12.2 Å². The van der Waals surface area contributed by atoms with Gasteiger partial charge in [-0.3, -0.25) is 4.79 Å². The molecule has 1 heterocycles. The summed E-state index contributed by atoms with van der Waals surface area (Å²) in [6.07, 6.45) is 9.76. The molecular formula is C17H32N2O. The van der Waals surface area contributed by atoms with Gasteiger partial charge in [0, 0.05) is 32.3 Å². The monoisotopic (exact) mass is 280 g/mol. The number of likely N-dealkylation sites (tertiary alicyclic amines) is 1. The standard InChI is InChI=1S/C17H32N2O/c1-5-17(3,6-2)15-18(4)12-10-11-16(20)19-13-8-7-9-14-19/h10-11H,5-9,12-15H2,1-4H3/b11-10+. The Morgan fingerprint density at radius 3 is 2.35 bits per heavy atom. The molecular weight excluding hydrogens is 248 g/mol. The number of hydrogen-bond donors (Lipinski definition) is 0. The molecule has 3 nitrogen and oxygen atoms in total. The van der Waals surface area contributed by atoms with E-state index in [1.165, 1.54) is 19.3 Å². The Labute approximate surface area is 125 Å². The summed E-state index contributed by atoms with van der Waals surface area (Å²) < 4.78 is 0. The minimum absolute atomic E-state index is 0.187. The van der Waals surface area contributed by atoms with Crippen LogP contribution in [0, 0.1) is 5.41 Å². The lowest BCUT2D eigenvalue weighted by molar-refractivity contribution is -0.126. The third-order valence-electron chi connectivity index (χ3n) is 4.70. The second kappa shape index (κ2) is 8.46. The van der Waals surface area contributed by atoms with Gasteiger partial charge < -0.3 is 9.80 Å². The van der Waals surface area contributed by atoms with E-state index in [1.54, 1.807) is 6.08 Å². The fraction of sp³-hybridized carbons (Fsp3) is 0.824. The molecule has 1 aliphatic rings. The smallest absolute Gasteiger partial charge is 0.246 e. The first-order valence-corrected chi connectivity index (χ1v) is 8.14. The highest BCUT2D eigenvalue weighted by molar-refractivity contribution is 5.87. The average Bonchev–Trinajstić information content (AvgIpc) is 2.47. The molecule has 0 aliphatic carbocycles. The number of likely N-dealkylation sites (N-methyl/N-ethyl adjacent to an activating group) is 1. The fourth-order valence-electron chi connectivity index (χ4n) is 2.74. The molecule has 0 unspecified atom stereocenters. The van der Waals surface area contributed by atoms with E-state index >= 15 is 0 Å². The molecule has 1 rings (SSSR count). The summed E-state index contributed by atoms with van der Waals surface area (Å²) in [5.74, 6) is 0.187. The van der Waals surface area contributed by atoms with Gasteiger partial charge in [-0.2, -0.15) is 0 Å². The second-order valence-electron chi connectivity index (χ2n) is 6.50. The molecule has 1 fully saturated rings. The van der Waals surface area contributed by atoms with Gasteiger partial charge in [-0.25, -0.2) is 0 Å². The van der Waals surface area contributed by atoms with Crippen LogP contribution in [0.1, 0.15) is 52.9 Å². The van der Waals surface area contributed by atoms with E-state index in [-0.39, 0.29) is 5.91 Å². The predicted octanol–water partition coefficient (Wildman–Crippen LogP) is 3.31. The van der Waals surface area contributed by atoms with Crippen molar-refractivity contribution in [2.75, 3.05) is 33.2 Å². The summed E-state index contributed by atoms with van der Waals surface area (Å²) in [4.78, 5) is 16.3. The first kappa shape index (κ1) is 17.2. The van der Waals surface area contributed by atoms with E-state index in [0.717, 1.165) is 39.0 Å².